The molecule has 0 N–H and O–H groups in total. The quantitative estimate of drug-likeness (QED) is 0.386. The molecule has 0 aliphatic rings. The first kappa shape index (κ1) is 21.8. The lowest BCUT2D eigenvalue weighted by molar-refractivity contribution is -0.385. The summed E-state index contributed by atoms with van der Waals surface area (Å²) in [6.45, 7) is 5.16. The lowest BCUT2D eigenvalue weighted by Crippen LogP contribution is -2.37. The number of nitro benzene ring substituents is 1. The summed E-state index contributed by atoms with van der Waals surface area (Å²) in [6.07, 6.45) is 0. The van der Waals surface area contributed by atoms with Crippen LogP contribution in [0.5, 0.6) is 5.75 Å². The zero-order valence-electron chi connectivity index (χ0n) is 15.6. The van der Waals surface area contributed by atoms with Crippen LogP contribution < -0.4 is 4.74 Å². The minimum Gasteiger partial charge on any atom is -0.490 e. The Bertz CT molecular complexity index is 672. The van der Waals surface area contributed by atoms with E-state index in [1.165, 1.54) is 43.0 Å². The molecule has 0 radical (unpaired) electrons. The number of nitrogens with zero attached hydrogens (tertiary/aromatic N) is 2. The van der Waals surface area contributed by atoms with Gasteiger partial charge < -0.3 is 14.4 Å². The molecule has 0 fully saturated rings. The van der Waals surface area contributed by atoms with Crippen LogP contribution in [0.1, 0.15) is 26.3 Å². The summed E-state index contributed by atoms with van der Waals surface area (Å²) in [5.41, 5.74) is 0.00258. The van der Waals surface area contributed by atoms with Gasteiger partial charge in [0, 0.05) is 18.9 Å². The largest absolute Gasteiger partial charge is 0.490 e. The van der Waals surface area contributed by atoms with Gasteiger partial charge >= 0.3 is 11.7 Å². The molecular weight excluding hydrogens is 360 g/mol. The van der Waals surface area contributed by atoms with Crippen LogP contribution in [0.25, 0.3) is 0 Å². The number of likely N-dealkylation sites (N-methyl/N-ethyl adjacent to an activating group) is 1. The second kappa shape index (κ2) is 9.42. The Kier molecular flexibility index (Phi) is 7.88. The van der Waals surface area contributed by atoms with E-state index in [4.69, 9.17) is 9.47 Å². The number of carbonyl (C=O) groups excluding carboxylic acids is 2. The molecule has 8 nitrogen and oxygen atoms in total. The number of esters is 1. The third-order valence-electron chi connectivity index (χ3n) is 3.15. The van der Waals surface area contributed by atoms with Gasteiger partial charge in [-0.2, -0.15) is 0 Å². The molecule has 1 aromatic carbocycles. The Labute approximate surface area is 157 Å². The maximum atomic E-state index is 12.1. The maximum absolute atomic E-state index is 12.1. The summed E-state index contributed by atoms with van der Waals surface area (Å²) < 4.78 is 10.1. The number of amides is 1. The van der Waals surface area contributed by atoms with Gasteiger partial charge in [-0.3, -0.25) is 19.7 Å². The number of nitro groups is 1. The molecule has 144 valence electrons. The first-order valence-corrected chi connectivity index (χ1v) is 9.04. The summed E-state index contributed by atoms with van der Waals surface area (Å²) >= 11 is 1.31. The monoisotopic (exact) mass is 384 g/mol. The number of carbonyl (C=O) groups is 2. The van der Waals surface area contributed by atoms with Crippen LogP contribution in [0, 0.1) is 10.1 Å². The third kappa shape index (κ3) is 7.30. The van der Waals surface area contributed by atoms with Gasteiger partial charge in [-0.15, -0.1) is 11.8 Å². The Morgan fingerprint density at radius 3 is 2.50 bits per heavy atom. The van der Waals surface area contributed by atoms with E-state index < -0.39 is 16.5 Å². The predicted octanol–water partition coefficient (Wildman–Crippen LogP) is 2.64. The first-order chi connectivity index (χ1) is 12.0. The lowest BCUT2D eigenvalue weighted by Gasteiger charge is -2.22. The summed E-state index contributed by atoms with van der Waals surface area (Å²) in [6, 6.07) is 4.68. The van der Waals surface area contributed by atoms with Crippen LogP contribution in [0.3, 0.4) is 0 Å². The maximum Gasteiger partial charge on any atom is 0.326 e. The summed E-state index contributed by atoms with van der Waals surface area (Å²) in [7, 11) is 2.90. The van der Waals surface area contributed by atoms with Gasteiger partial charge in [-0.1, -0.05) is 6.07 Å². The van der Waals surface area contributed by atoms with Gasteiger partial charge in [0.15, 0.2) is 5.75 Å². The number of benzene rings is 1. The van der Waals surface area contributed by atoms with Gasteiger partial charge in [0.05, 0.1) is 17.8 Å². The zero-order valence-corrected chi connectivity index (χ0v) is 16.4. The summed E-state index contributed by atoms with van der Waals surface area (Å²) in [4.78, 5) is 35.6. The van der Waals surface area contributed by atoms with Crippen molar-refractivity contribution in [3.8, 4) is 5.75 Å². The van der Waals surface area contributed by atoms with Crippen molar-refractivity contribution in [2.45, 2.75) is 32.1 Å². The van der Waals surface area contributed by atoms with Gasteiger partial charge in [-0.25, -0.2) is 0 Å². The molecule has 9 heteroatoms. The zero-order chi connectivity index (χ0) is 19.9. The number of rotatable bonds is 8. The van der Waals surface area contributed by atoms with Crippen LogP contribution in [-0.2, 0) is 20.1 Å². The number of thioether (sulfide) groups is 1. The summed E-state index contributed by atoms with van der Waals surface area (Å²) in [5, 5.41) is 11.0. The van der Waals surface area contributed by atoms with Gasteiger partial charge in [-0.05, 0) is 32.4 Å². The van der Waals surface area contributed by atoms with E-state index in [0.717, 1.165) is 0 Å². The molecule has 0 saturated heterocycles. The average molecular weight is 384 g/mol. The predicted molar refractivity (Wildman–Crippen MR) is 99.3 cm³/mol. The van der Waals surface area contributed by atoms with Gasteiger partial charge in [0.1, 0.15) is 12.1 Å². The first-order valence-electron chi connectivity index (χ1n) is 7.88. The van der Waals surface area contributed by atoms with Crippen molar-refractivity contribution in [2.75, 3.05) is 26.5 Å². The molecule has 0 saturated carbocycles. The highest BCUT2D eigenvalue weighted by molar-refractivity contribution is 7.99. The molecule has 0 bridgehead atoms. The van der Waals surface area contributed by atoms with E-state index in [1.807, 2.05) is 0 Å². The van der Waals surface area contributed by atoms with Crippen LogP contribution in [0.2, 0.25) is 0 Å². The number of hydrogen-bond acceptors (Lipinski definition) is 7. The van der Waals surface area contributed by atoms with Crippen molar-refractivity contribution < 1.29 is 24.0 Å². The second-order valence-electron chi connectivity index (χ2n) is 6.59. The van der Waals surface area contributed by atoms with Crippen molar-refractivity contribution >= 4 is 29.3 Å². The van der Waals surface area contributed by atoms with Crippen LogP contribution in [0.4, 0.5) is 5.69 Å². The van der Waals surface area contributed by atoms with E-state index in [2.05, 4.69) is 0 Å². The molecule has 0 unspecified atom stereocenters. The molecule has 1 amide bonds. The van der Waals surface area contributed by atoms with Crippen molar-refractivity contribution in [3.63, 3.8) is 0 Å². The Morgan fingerprint density at radius 1 is 1.31 bits per heavy atom. The van der Waals surface area contributed by atoms with E-state index in [9.17, 15) is 19.7 Å². The molecule has 0 aliphatic carbocycles. The summed E-state index contributed by atoms with van der Waals surface area (Å²) in [5.74, 6) is 0.0839. The molecule has 26 heavy (non-hydrogen) atoms. The van der Waals surface area contributed by atoms with Gasteiger partial charge in [0.25, 0.3) is 0 Å². The Morgan fingerprint density at radius 2 is 1.96 bits per heavy atom. The topological polar surface area (TPSA) is 99.0 Å². The molecule has 0 aromatic heterocycles. The minimum absolute atomic E-state index is 0.112. The Balaban J connectivity index is 2.52. The van der Waals surface area contributed by atoms with Crippen LogP contribution >= 0.6 is 11.8 Å². The highest BCUT2D eigenvalue weighted by Crippen LogP contribution is 2.29. The van der Waals surface area contributed by atoms with E-state index >= 15 is 0 Å². The minimum atomic E-state index is -0.598. The standard InChI is InChI=1S/C17H24N2O6S/c1-17(2,3)25-16(21)9-18(4)15(20)11-26-10-12-6-7-14(24-5)13(8-12)19(22)23/h6-8H,9-11H2,1-5H3. The fourth-order valence-corrected chi connectivity index (χ4v) is 2.90. The molecule has 0 heterocycles. The average Bonchev–Trinajstić information content (AvgIpc) is 2.52. The Hall–Kier alpha value is -2.29. The van der Waals surface area contributed by atoms with Crippen molar-refractivity contribution in [3.05, 3.63) is 33.9 Å². The van der Waals surface area contributed by atoms with E-state index in [0.29, 0.717) is 11.3 Å². The SMILES string of the molecule is COc1ccc(CSCC(=O)N(C)CC(=O)OC(C)(C)C)cc1[N+](=O)[O-]. The number of hydrogen-bond donors (Lipinski definition) is 0. The van der Waals surface area contributed by atoms with Crippen molar-refractivity contribution in [1.29, 1.82) is 0 Å². The molecule has 0 atom stereocenters. The molecule has 1 rings (SSSR count). The number of methoxy groups -OCH3 is 1. The van der Waals surface area contributed by atoms with E-state index in [1.54, 1.807) is 26.8 Å². The lowest BCUT2D eigenvalue weighted by atomic mass is 10.2. The highest BCUT2D eigenvalue weighted by Gasteiger charge is 2.20. The number of ether oxygens (including phenoxy) is 2. The third-order valence-corrected chi connectivity index (χ3v) is 4.13. The van der Waals surface area contributed by atoms with Crippen molar-refractivity contribution in [1.82, 2.24) is 4.90 Å². The normalized spacial score (nSPS) is 11.0. The van der Waals surface area contributed by atoms with Gasteiger partial charge in [0.2, 0.25) is 5.91 Å². The van der Waals surface area contributed by atoms with E-state index in [-0.39, 0.29) is 29.6 Å². The molecule has 0 spiro atoms. The smallest absolute Gasteiger partial charge is 0.326 e. The van der Waals surface area contributed by atoms with Crippen LogP contribution in [0.15, 0.2) is 18.2 Å². The second-order valence-corrected chi connectivity index (χ2v) is 7.58. The fourth-order valence-electron chi connectivity index (χ4n) is 1.99. The highest BCUT2D eigenvalue weighted by atomic mass is 32.2. The molecule has 1 aromatic rings. The molecule has 0 aliphatic heterocycles. The molecular formula is C17H24N2O6S. The fraction of sp³-hybridized carbons (Fsp3) is 0.529. The van der Waals surface area contributed by atoms with Crippen LogP contribution in [-0.4, -0.2) is 53.8 Å². The van der Waals surface area contributed by atoms with Crippen molar-refractivity contribution in [2.24, 2.45) is 0 Å².